The lowest BCUT2D eigenvalue weighted by Crippen LogP contribution is -2.25. The van der Waals surface area contributed by atoms with Gasteiger partial charge in [-0.1, -0.05) is 129 Å². The van der Waals surface area contributed by atoms with E-state index in [9.17, 15) is 0 Å². The zero-order valence-electron chi connectivity index (χ0n) is 31.1. The molecule has 2 aliphatic carbocycles. The molecule has 0 atom stereocenters. The zero-order chi connectivity index (χ0) is 36.7. The van der Waals surface area contributed by atoms with E-state index in [1.54, 1.807) is 5.57 Å². The van der Waals surface area contributed by atoms with Gasteiger partial charge < -0.3 is 9.80 Å². The average molecular weight is 725 g/mol. The van der Waals surface area contributed by atoms with Crippen LogP contribution in [0.3, 0.4) is 0 Å². The van der Waals surface area contributed by atoms with E-state index in [-0.39, 0.29) is 5.41 Å². The Hall–Kier alpha value is -6.03. The Morgan fingerprint density at radius 2 is 1.16 bits per heavy atom. The van der Waals surface area contributed by atoms with E-state index in [1.165, 1.54) is 93.6 Å². The summed E-state index contributed by atoms with van der Waals surface area (Å²) in [5.74, 6) is 0. The van der Waals surface area contributed by atoms with Gasteiger partial charge in [0, 0.05) is 38.0 Å². The highest BCUT2D eigenvalue weighted by Crippen LogP contribution is 2.53. The fourth-order valence-electron chi connectivity index (χ4n) is 9.28. The molecule has 0 bridgehead atoms. The standard InChI is InChI=1S/C52H40N2S/c1-52(2)44-30-35(22-27-42(44)43-28-26-41(33-45(43)52)53-46-13-5-3-11-38(46)31-39-12-4-6-14-47(39)53)20-19-34-21-23-37-32-40(25-24-36(37)29-34)54-48-15-7-9-17-50(48)55-51-18-10-8-16-49(51)54/h3,5-11,13-30,32-33H,4,12,31H2,1-2H3/b20-19+. The molecule has 11 rings (SSSR count). The van der Waals surface area contributed by atoms with Crippen LogP contribution < -0.4 is 9.80 Å². The van der Waals surface area contributed by atoms with Gasteiger partial charge in [-0.15, -0.1) is 0 Å². The zero-order valence-corrected chi connectivity index (χ0v) is 31.9. The first-order chi connectivity index (χ1) is 27.0. The van der Waals surface area contributed by atoms with E-state index in [2.05, 4.69) is 194 Å². The summed E-state index contributed by atoms with van der Waals surface area (Å²) in [7, 11) is 0. The molecule has 2 aliphatic heterocycles. The SMILES string of the molecule is CC1(C)c2cc(/C=C/c3ccc4cc(N5c6ccccc6Sc6ccccc65)ccc4c3)ccc2-c2ccc(N3C4=C(CCC=C4)Cc4ccccc43)cc21. The monoisotopic (exact) mass is 724 g/mol. The minimum atomic E-state index is -0.117. The van der Waals surface area contributed by atoms with Gasteiger partial charge in [0.1, 0.15) is 0 Å². The number of nitrogens with zero attached hydrogens (tertiary/aromatic N) is 2. The summed E-state index contributed by atoms with van der Waals surface area (Å²) in [4.78, 5) is 7.47. The maximum absolute atomic E-state index is 2.51. The van der Waals surface area contributed by atoms with Crippen molar-refractivity contribution in [3.8, 4) is 11.1 Å². The third kappa shape index (κ3) is 5.25. The van der Waals surface area contributed by atoms with Gasteiger partial charge in [-0.3, -0.25) is 0 Å². The van der Waals surface area contributed by atoms with E-state index < -0.39 is 0 Å². The van der Waals surface area contributed by atoms with E-state index in [0.29, 0.717) is 0 Å². The Balaban J connectivity index is 0.886. The molecule has 55 heavy (non-hydrogen) atoms. The maximum atomic E-state index is 2.51. The molecule has 0 saturated carbocycles. The first-order valence-corrected chi connectivity index (χ1v) is 20.3. The number of hydrogen-bond donors (Lipinski definition) is 0. The largest absolute Gasteiger partial charge is 0.310 e. The predicted molar refractivity (Wildman–Crippen MR) is 233 cm³/mol. The summed E-state index contributed by atoms with van der Waals surface area (Å²) in [6.07, 6.45) is 12.5. The van der Waals surface area contributed by atoms with E-state index >= 15 is 0 Å². The maximum Gasteiger partial charge on any atom is 0.0601 e. The van der Waals surface area contributed by atoms with Gasteiger partial charge >= 0.3 is 0 Å². The average Bonchev–Trinajstić information content (AvgIpc) is 3.45. The third-order valence-corrected chi connectivity index (χ3v) is 13.2. The minimum Gasteiger partial charge on any atom is -0.310 e. The Kier molecular flexibility index (Phi) is 7.37. The Bertz CT molecular complexity index is 2770. The van der Waals surface area contributed by atoms with Crippen LogP contribution in [0.4, 0.5) is 28.4 Å². The second-order valence-electron chi connectivity index (χ2n) is 15.7. The van der Waals surface area contributed by atoms with Crippen molar-refractivity contribution < 1.29 is 0 Å². The first-order valence-electron chi connectivity index (χ1n) is 19.4. The minimum absolute atomic E-state index is 0.117. The van der Waals surface area contributed by atoms with Crippen LogP contribution in [-0.4, -0.2) is 0 Å². The van der Waals surface area contributed by atoms with Crippen LogP contribution >= 0.6 is 11.8 Å². The van der Waals surface area contributed by atoms with Crippen LogP contribution in [0.2, 0.25) is 0 Å². The molecule has 0 spiro atoms. The predicted octanol–water partition coefficient (Wildman–Crippen LogP) is 14.5. The van der Waals surface area contributed by atoms with Gasteiger partial charge in [0.2, 0.25) is 0 Å². The van der Waals surface area contributed by atoms with Crippen molar-refractivity contribution in [1.29, 1.82) is 0 Å². The molecule has 4 aliphatic rings. The number of rotatable bonds is 4. The van der Waals surface area contributed by atoms with Crippen molar-refractivity contribution in [2.45, 2.75) is 48.3 Å². The summed E-state index contributed by atoms with van der Waals surface area (Å²) >= 11 is 1.85. The van der Waals surface area contributed by atoms with E-state index in [1.807, 2.05) is 11.8 Å². The number of fused-ring (bicyclic) bond motifs is 7. The van der Waals surface area contributed by atoms with Crippen LogP contribution in [0.1, 0.15) is 54.5 Å². The van der Waals surface area contributed by atoms with Gasteiger partial charge in [0.25, 0.3) is 0 Å². The molecule has 0 unspecified atom stereocenters. The molecule has 0 amide bonds. The Morgan fingerprint density at radius 3 is 1.96 bits per heavy atom. The molecule has 0 radical (unpaired) electrons. The van der Waals surface area contributed by atoms with Gasteiger partial charge in [-0.05, 0) is 141 Å². The summed E-state index contributed by atoms with van der Waals surface area (Å²) < 4.78 is 0. The van der Waals surface area contributed by atoms with Crippen LogP contribution in [0.15, 0.2) is 179 Å². The Morgan fingerprint density at radius 1 is 0.564 bits per heavy atom. The van der Waals surface area contributed by atoms with Crippen molar-refractivity contribution in [1.82, 2.24) is 0 Å². The number of para-hydroxylation sites is 3. The van der Waals surface area contributed by atoms with Crippen molar-refractivity contribution in [2.75, 3.05) is 9.80 Å². The topological polar surface area (TPSA) is 6.48 Å². The highest BCUT2D eigenvalue weighted by atomic mass is 32.2. The molecular weight excluding hydrogens is 685 g/mol. The van der Waals surface area contributed by atoms with Crippen LogP contribution in [0.5, 0.6) is 0 Å². The van der Waals surface area contributed by atoms with Gasteiger partial charge in [-0.2, -0.15) is 0 Å². The molecule has 0 saturated heterocycles. The smallest absolute Gasteiger partial charge is 0.0601 e. The van der Waals surface area contributed by atoms with E-state index in [0.717, 1.165) is 19.3 Å². The lowest BCUT2D eigenvalue weighted by Gasteiger charge is -2.36. The van der Waals surface area contributed by atoms with Crippen molar-refractivity contribution in [3.05, 3.63) is 197 Å². The van der Waals surface area contributed by atoms with Gasteiger partial charge in [0.05, 0.1) is 11.4 Å². The van der Waals surface area contributed by atoms with Crippen LogP contribution in [-0.2, 0) is 11.8 Å². The molecule has 7 aromatic carbocycles. The summed E-state index contributed by atoms with van der Waals surface area (Å²) in [6, 6.07) is 54.2. The molecule has 0 fully saturated rings. The quantitative estimate of drug-likeness (QED) is 0.167. The van der Waals surface area contributed by atoms with Crippen LogP contribution in [0, 0.1) is 0 Å². The first kappa shape index (κ1) is 32.4. The Labute approximate surface area is 327 Å². The summed E-state index contributed by atoms with van der Waals surface area (Å²) in [5.41, 5.74) is 18.3. The molecule has 264 valence electrons. The fraction of sp³-hybridized carbons (Fsp3) is 0.115. The number of hydrogen-bond acceptors (Lipinski definition) is 3. The normalized spacial score (nSPS) is 16.1. The molecule has 0 aromatic heterocycles. The van der Waals surface area contributed by atoms with Crippen molar-refractivity contribution >= 4 is 63.1 Å². The van der Waals surface area contributed by atoms with E-state index in [4.69, 9.17) is 0 Å². The number of anilines is 5. The third-order valence-electron chi connectivity index (χ3n) is 12.1. The molecule has 2 nitrogen and oxygen atoms in total. The highest BCUT2D eigenvalue weighted by molar-refractivity contribution is 7.99. The molecule has 2 heterocycles. The van der Waals surface area contributed by atoms with Gasteiger partial charge in [-0.25, -0.2) is 0 Å². The van der Waals surface area contributed by atoms with Gasteiger partial charge in [0.15, 0.2) is 0 Å². The van der Waals surface area contributed by atoms with Crippen molar-refractivity contribution in [3.63, 3.8) is 0 Å². The molecule has 3 heteroatoms. The lowest BCUT2D eigenvalue weighted by atomic mass is 9.81. The number of benzene rings is 7. The summed E-state index contributed by atoms with van der Waals surface area (Å²) in [6.45, 7) is 4.78. The van der Waals surface area contributed by atoms with Crippen LogP contribution in [0.25, 0.3) is 34.1 Å². The van der Waals surface area contributed by atoms with Crippen molar-refractivity contribution in [2.24, 2.45) is 0 Å². The summed E-state index contributed by atoms with van der Waals surface area (Å²) in [5, 5.41) is 2.47. The number of allylic oxidation sites excluding steroid dienone is 3. The molecular formula is C52H40N2S. The lowest BCUT2D eigenvalue weighted by molar-refractivity contribution is 0.660. The fourth-order valence-corrected chi connectivity index (χ4v) is 10.3. The second-order valence-corrected chi connectivity index (χ2v) is 16.8. The molecule has 0 N–H and O–H groups in total. The second kappa shape index (κ2) is 12.5. The molecule has 7 aromatic rings. The highest BCUT2D eigenvalue weighted by Gasteiger charge is 2.37.